The number of likely N-dealkylation sites (tertiary alicyclic amines) is 1. The van der Waals surface area contributed by atoms with Crippen LogP contribution in [0.4, 0.5) is 0 Å². The Morgan fingerprint density at radius 2 is 1.86 bits per heavy atom. The number of hydrogen-bond acceptors (Lipinski definition) is 2. The number of benzene rings is 1. The van der Waals surface area contributed by atoms with Crippen molar-refractivity contribution >= 4 is 0 Å². The lowest BCUT2D eigenvalue weighted by Gasteiger charge is -2.25. The molecule has 1 aliphatic rings. The monoisotopic (exact) mass is 288 g/mol. The van der Waals surface area contributed by atoms with Gasteiger partial charge in [0.15, 0.2) is 0 Å². The smallest absolute Gasteiger partial charge is 0.0329 e. The van der Waals surface area contributed by atoms with Crippen LogP contribution >= 0.6 is 0 Å². The lowest BCUT2D eigenvalue weighted by Crippen LogP contribution is -2.29. The number of nitrogens with one attached hydrogen (secondary N) is 1. The van der Waals surface area contributed by atoms with Crippen molar-refractivity contribution in [1.82, 2.24) is 10.2 Å². The van der Waals surface area contributed by atoms with Crippen LogP contribution in [0.25, 0.3) is 0 Å². The van der Waals surface area contributed by atoms with Crippen LogP contribution in [0.15, 0.2) is 24.3 Å². The molecule has 0 aromatic heterocycles. The lowest BCUT2D eigenvalue weighted by molar-refractivity contribution is 0.251. The van der Waals surface area contributed by atoms with Gasteiger partial charge in [0.1, 0.15) is 0 Å². The first-order chi connectivity index (χ1) is 10.00. The van der Waals surface area contributed by atoms with E-state index < -0.39 is 0 Å². The van der Waals surface area contributed by atoms with Crippen LogP contribution in [0.5, 0.6) is 0 Å². The zero-order valence-electron chi connectivity index (χ0n) is 14.3. The third kappa shape index (κ3) is 5.12. The molecule has 1 atom stereocenters. The Morgan fingerprint density at radius 3 is 2.52 bits per heavy atom. The van der Waals surface area contributed by atoms with Gasteiger partial charge in [-0.2, -0.15) is 0 Å². The van der Waals surface area contributed by atoms with Gasteiger partial charge in [-0.15, -0.1) is 0 Å². The number of aryl methyl sites for hydroxylation is 1. The van der Waals surface area contributed by atoms with Crippen molar-refractivity contribution in [2.45, 2.75) is 52.5 Å². The van der Waals surface area contributed by atoms with E-state index >= 15 is 0 Å². The van der Waals surface area contributed by atoms with E-state index in [2.05, 4.69) is 62.3 Å². The maximum atomic E-state index is 3.48. The van der Waals surface area contributed by atoms with Crippen molar-refractivity contribution in [2.24, 2.45) is 5.41 Å². The molecule has 0 spiro atoms. The SMILES string of the molecule is CNC(CCN1CCCC(C)(C)CC1)c1ccc(C)cc1. The van der Waals surface area contributed by atoms with Crippen LogP contribution < -0.4 is 5.32 Å². The topological polar surface area (TPSA) is 15.3 Å². The highest BCUT2D eigenvalue weighted by molar-refractivity contribution is 5.24. The van der Waals surface area contributed by atoms with Gasteiger partial charge < -0.3 is 10.2 Å². The first-order valence-corrected chi connectivity index (χ1v) is 8.46. The third-order valence-corrected chi connectivity index (χ3v) is 4.99. The molecular weight excluding hydrogens is 256 g/mol. The first-order valence-electron chi connectivity index (χ1n) is 8.46. The summed E-state index contributed by atoms with van der Waals surface area (Å²) in [7, 11) is 2.08. The highest BCUT2D eigenvalue weighted by Crippen LogP contribution is 2.30. The fourth-order valence-corrected chi connectivity index (χ4v) is 3.29. The van der Waals surface area contributed by atoms with Gasteiger partial charge in [0, 0.05) is 6.04 Å². The van der Waals surface area contributed by atoms with Crippen molar-refractivity contribution < 1.29 is 0 Å². The zero-order chi connectivity index (χ0) is 15.3. The Hall–Kier alpha value is -0.860. The zero-order valence-corrected chi connectivity index (χ0v) is 14.3. The van der Waals surface area contributed by atoms with Gasteiger partial charge >= 0.3 is 0 Å². The molecule has 1 aliphatic heterocycles. The summed E-state index contributed by atoms with van der Waals surface area (Å²) in [5, 5.41) is 3.48. The maximum Gasteiger partial charge on any atom is 0.0329 e. The predicted molar refractivity (Wildman–Crippen MR) is 91.7 cm³/mol. The second kappa shape index (κ2) is 7.42. The van der Waals surface area contributed by atoms with E-state index in [0.717, 1.165) is 0 Å². The Morgan fingerprint density at radius 1 is 1.14 bits per heavy atom. The molecule has 118 valence electrons. The van der Waals surface area contributed by atoms with Crippen LogP contribution in [0.2, 0.25) is 0 Å². The van der Waals surface area contributed by atoms with E-state index in [4.69, 9.17) is 0 Å². The number of rotatable bonds is 5. The van der Waals surface area contributed by atoms with Crippen LogP contribution in [0.1, 0.15) is 56.7 Å². The van der Waals surface area contributed by atoms with Crippen molar-refractivity contribution in [3.05, 3.63) is 35.4 Å². The van der Waals surface area contributed by atoms with Gasteiger partial charge in [-0.25, -0.2) is 0 Å². The molecule has 0 bridgehead atoms. The van der Waals surface area contributed by atoms with Crippen LogP contribution in [-0.2, 0) is 0 Å². The highest BCUT2D eigenvalue weighted by Gasteiger charge is 2.23. The Labute approximate surface area is 130 Å². The van der Waals surface area contributed by atoms with E-state index in [1.54, 1.807) is 0 Å². The molecule has 0 radical (unpaired) electrons. The summed E-state index contributed by atoms with van der Waals surface area (Å²) in [4.78, 5) is 2.66. The molecule has 0 amide bonds. The summed E-state index contributed by atoms with van der Waals surface area (Å²) >= 11 is 0. The summed E-state index contributed by atoms with van der Waals surface area (Å²) in [6.45, 7) is 10.7. The molecule has 1 heterocycles. The van der Waals surface area contributed by atoms with Crippen molar-refractivity contribution in [3.8, 4) is 0 Å². The number of nitrogens with zero attached hydrogens (tertiary/aromatic N) is 1. The van der Waals surface area contributed by atoms with E-state index in [1.807, 2.05) is 0 Å². The fourth-order valence-electron chi connectivity index (χ4n) is 3.29. The highest BCUT2D eigenvalue weighted by atomic mass is 15.1. The normalized spacial score (nSPS) is 21.0. The van der Waals surface area contributed by atoms with Gasteiger partial charge in [0.25, 0.3) is 0 Å². The summed E-state index contributed by atoms with van der Waals surface area (Å²) in [5.74, 6) is 0. The predicted octanol–water partition coefficient (Wildman–Crippen LogP) is 4.16. The fraction of sp³-hybridized carbons (Fsp3) is 0.684. The molecule has 1 N–H and O–H groups in total. The molecule has 2 nitrogen and oxygen atoms in total. The molecule has 1 saturated heterocycles. The van der Waals surface area contributed by atoms with Gasteiger partial charge in [-0.1, -0.05) is 43.7 Å². The number of hydrogen-bond donors (Lipinski definition) is 1. The van der Waals surface area contributed by atoms with Gasteiger partial charge in [-0.3, -0.25) is 0 Å². The van der Waals surface area contributed by atoms with Crippen molar-refractivity contribution in [3.63, 3.8) is 0 Å². The average Bonchev–Trinajstić information content (AvgIpc) is 2.62. The minimum atomic E-state index is 0.474. The molecule has 21 heavy (non-hydrogen) atoms. The van der Waals surface area contributed by atoms with Crippen molar-refractivity contribution in [2.75, 3.05) is 26.7 Å². The minimum Gasteiger partial charge on any atom is -0.313 e. The van der Waals surface area contributed by atoms with Gasteiger partial charge in [-0.05, 0) is 70.3 Å². The lowest BCUT2D eigenvalue weighted by atomic mass is 9.85. The first kappa shape index (κ1) is 16.5. The largest absolute Gasteiger partial charge is 0.313 e. The van der Waals surface area contributed by atoms with Crippen LogP contribution in [-0.4, -0.2) is 31.6 Å². The quantitative estimate of drug-likeness (QED) is 0.875. The van der Waals surface area contributed by atoms with E-state index in [9.17, 15) is 0 Å². The Bertz CT molecular complexity index is 422. The molecule has 0 saturated carbocycles. The van der Waals surface area contributed by atoms with E-state index in [0.29, 0.717) is 11.5 Å². The summed E-state index contributed by atoms with van der Waals surface area (Å²) < 4.78 is 0. The minimum absolute atomic E-state index is 0.474. The second-order valence-electron chi connectivity index (χ2n) is 7.40. The Balaban J connectivity index is 1.87. The Kier molecular flexibility index (Phi) is 5.83. The van der Waals surface area contributed by atoms with Crippen LogP contribution in [0, 0.1) is 12.3 Å². The van der Waals surface area contributed by atoms with E-state index in [-0.39, 0.29) is 0 Å². The van der Waals surface area contributed by atoms with Crippen molar-refractivity contribution in [1.29, 1.82) is 0 Å². The molecular formula is C19H32N2. The molecule has 0 aliphatic carbocycles. The molecule has 2 heteroatoms. The van der Waals surface area contributed by atoms with Gasteiger partial charge in [0.2, 0.25) is 0 Å². The third-order valence-electron chi connectivity index (χ3n) is 4.99. The molecule has 1 aromatic carbocycles. The molecule has 1 fully saturated rings. The summed E-state index contributed by atoms with van der Waals surface area (Å²) in [5.41, 5.74) is 3.29. The molecule has 1 unspecified atom stereocenters. The standard InChI is InChI=1S/C19H32N2/c1-16-6-8-17(9-7-16)18(20-4)10-14-21-13-5-11-19(2,3)12-15-21/h6-9,18,20H,5,10-15H2,1-4H3. The summed E-state index contributed by atoms with van der Waals surface area (Å²) in [6, 6.07) is 9.44. The molecule has 2 rings (SSSR count). The average molecular weight is 288 g/mol. The van der Waals surface area contributed by atoms with E-state index in [1.165, 1.54) is 56.4 Å². The molecule has 1 aromatic rings. The van der Waals surface area contributed by atoms with Crippen LogP contribution in [0.3, 0.4) is 0 Å². The second-order valence-corrected chi connectivity index (χ2v) is 7.40. The summed E-state index contributed by atoms with van der Waals surface area (Å²) in [6.07, 6.45) is 5.25. The maximum absolute atomic E-state index is 3.48. The van der Waals surface area contributed by atoms with Gasteiger partial charge in [0.05, 0.1) is 0 Å².